The number of nitrogens with one attached hydrogen (secondary N) is 1. The van der Waals surface area contributed by atoms with Gasteiger partial charge in [-0.2, -0.15) is 0 Å². The van der Waals surface area contributed by atoms with Crippen LogP contribution in [0.15, 0.2) is 18.2 Å². The lowest BCUT2D eigenvalue weighted by atomic mass is 9.84. The lowest BCUT2D eigenvalue weighted by Gasteiger charge is -2.30. The summed E-state index contributed by atoms with van der Waals surface area (Å²) in [5, 5.41) is 2.79. The van der Waals surface area contributed by atoms with Crippen LogP contribution in [-0.2, 0) is 4.79 Å². The number of likely N-dealkylation sites (tertiary alicyclic amines) is 1. The van der Waals surface area contributed by atoms with Gasteiger partial charge < -0.3 is 15.0 Å². The number of rotatable bonds is 3. The predicted octanol–water partition coefficient (Wildman–Crippen LogP) is 3.59. The van der Waals surface area contributed by atoms with Gasteiger partial charge >= 0.3 is 0 Å². The summed E-state index contributed by atoms with van der Waals surface area (Å²) < 4.78 is 5.38. The third-order valence-corrected chi connectivity index (χ3v) is 5.83. The number of amides is 2. The molecule has 0 radical (unpaired) electrons. The van der Waals surface area contributed by atoms with Crippen molar-refractivity contribution in [3.8, 4) is 5.75 Å². The smallest absolute Gasteiger partial charge is 0.262 e. The van der Waals surface area contributed by atoms with E-state index in [1.165, 1.54) is 32.1 Å². The highest BCUT2D eigenvalue weighted by atomic mass is 16.5. The average molecular weight is 342 g/mol. The molecule has 25 heavy (non-hydrogen) atoms. The molecule has 3 aliphatic rings. The fraction of sp³-hybridized carbons (Fsp3) is 0.600. The Kier molecular flexibility index (Phi) is 4.64. The highest BCUT2D eigenvalue weighted by molar-refractivity contribution is 6.00. The van der Waals surface area contributed by atoms with Gasteiger partial charge in [0.1, 0.15) is 5.75 Å². The molecule has 1 unspecified atom stereocenters. The van der Waals surface area contributed by atoms with Gasteiger partial charge in [-0.1, -0.05) is 32.1 Å². The van der Waals surface area contributed by atoms with Gasteiger partial charge in [-0.05, 0) is 43.4 Å². The summed E-state index contributed by atoms with van der Waals surface area (Å²) in [4.78, 5) is 26.6. The number of ether oxygens (including phenoxy) is 1. The lowest BCUT2D eigenvalue weighted by Crippen LogP contribution is -2.37. The predicted molar refractivity (Wildman–Crippen MR) is 95.8 cm³/mol. The van der Waals surface area contributed by atoms with Crippen LogP contribution in [0.2, 0.25) is 0 Å². The molecule has 2 amide bonds. The molecule has 134 valence electrons. The molecule has 1 atom stereocenters. The molecule has 1 N–H and O–H groups in total. The first-order chi connectivity index (χ1) is 12.2. The van der Waals surface area contributed by atoms with Crippen molar-refractivity contribution in [1.29, 1.82) is 0 Å². The van der Waals surface area contributed by atoms with E-state index in [9.17, 15) is 9.59 Å². The maximum atomic E-state index is 13.0. The van der Waals surface area contributed by atoms with Gasteiger partial charge in [0.15, 0.2) is 6.61 Å². The Morgan fingerprint density at radius 1 is 1.16 bits per heavy atom. The molecule has 1 saturated carbocycles. The normalized spacial score (nSPS) is 23.8. The summed E-state index contributed by atoms with van der Waals surface area (Å²) in [6, 6.07) is 5.73. The lowest BCUT2D eigenvalue weighted by molar-refractivity contribution is -0.118. The molecular formula is C20H26N2O3. The van der Waals surface area contributed by atoms with Gasteiger partial charge in [0.25, 0.3) is 11.8 Å². The van der Waals surface area contributed by atoms with Gasteiger partial charge in [0, 0.05) is 18.2 Å². The van der Waals surface area contributed by atoms with Crippen LogP contribution in [0, 0.1) is 5.92 Å². The number of nitrogens with zero attached hydrogens (tertiary/aromatic N) is 1. The Balaban J connectivity index is 1.47. The number of anilines is 1. The van der Waals surface area contributed by atoms with Crippen LogP contribution in [0.1, 0.15) is 61.7 Å². The first-order valence-electron chi connectivity index (χ1n) is 9.58. The number of carbonyl (C=O) groups excluding carboxylic acids is 2. The van der Waals surface area contributed by atoms with Crippen molar-refractivity contribution in [1.82, 2.24) is 4.90 Å². The molecule has 2 fully saturated rings. The Labute approximate surface area is 148 Å². The van der Waals surface area contributed by atoms with E-state index in [-0.39, 0.29) is 18.4 Å². The Morgan fingerprint density at radius 3 is 2.84 bits per heavy atom. The van der Waals surface area contributed by atoms with Crippen molar-refractivity contribution in [3.05, 3.63) is 23.8 Å². The Morgan fingerprint density at radius 2 is 2.00 bits per heavy atom. The van der Waals surface area contributed by atoms with Crippen molar-refractivity contribution < 1.29 is 14.3 Å². The molecule has 0 spiro atoms. The zero-order valence-electron chi connectivity index (χ0n) is 14.6. The molecule has 2 heterocycles. The van der Waals surface area contributed by atoms with Crippen molar-refractivity contribution >= 4 is 17.5 Å². The van der Waals surface area contributed by atoms with E-state index in [1.807, 2.05) is 6.07 Å². The zero-order chi connectivity index (χ0) is 17.2. The van der Waals surface area contributed by atoms with E-state index in [1.54, 1.807) is 12.1 Å². The molecule has 5 heteroatoms. The van der Waals surface area contributed by atoms with E-state index in [4.69, 9.17) is 4.74 Å². The molecule has 1 aromatic rings. The maximum absolute atomic E-state index is 13.0. The third-order valence-electron chi connectivity index (χ3n) is 5.83. The Bertz CT molecular complexity index is 667. The molecule has 5 nitrogen and oxygen atoms in total. The van der Waals surface area contributed by atoms with Crippen molar-refractivity contribution in [2.75, 3.05) is 18.5 Å². The van der Waals surface area contributed by atoms with Gasteiger partial charge in [-0.25, -0.2) is 0 Å². The van der Waals surface area contributed by atoms with Crippen molar-refractivity contribution in [3.63, 3.8) is 0 Å². The average Bonchev–Trinajstić information content (AvgIpc) is 3.09. The fourth-order valence-electron chi connectivity index (χ4n) is 4.54. The molecule has 4 rings (SSSR count). The standard InChI is InChI=1S/C20H26N2O3/c23-19-13-25-18-9-8-15(12-17(18)21-19)20(24)22-10-4-7-16(22)11-14-5-2-1-3-6-14/h8-9,12,14,16H,1-7,10-11,13H2,(H,21,23). The number of fused-ring (bicyclic) bond motifs is 1. The minimum absolute atomic E-state index is 0.0376. The van der Waals surface area contributed by atoms with Gasteiger partial charge in [0.05, 0.1) is 5.69 Å². The van der Waals surface area contributed by atoms with Crippen LogP contribution >= 0.6 is 0 Å². The summed E-state index contributed by atoms with van der Waals surface area (Å²) in [5.74, 6) is 1.33. The van der Waals surface area contributed by atoms with Gasteiger partial charge in [-0.15, -0.1) is 0 Å². The summed E-state index contributed by atoms with van der Waals surface area (Å²) in [6.45, 7) is 0.881. The van der Waals surface area contributed by atoms with E-state index in [0.717, 1.165) is 31.7 Å². The fourth-order valence-corrected chi connectivity index (χ4v) is 4.54. The van der Waals surface area contributed by atoms with E-state index in [0.29, 0.717) is 23.0 Å². The van der Waals surface area contributed by atoms with E-state index in [2.05, 4.69) is 10.2 Å². The SMILES string of the molecule is O=C1COc2ccc(C(=O)N3CCCC3CC3CCCCC3)cc2N1. The highest BCUT2D eigenvalue weighted by Gasteiger charge is 2.32. The van der Waals surface area contributed by atoms with Crippen LogP contribution in [-0.4, -0.2) is 35.9 Å². The largest absolute Gasteiger partial charge is 0.482 e. The Hall–Kier alpha value is -2.04. The second-order valence-corrected chi connectivity index (χ2v) is 7.58. The van der Waals surface area contributed by atoms with Gasteiger partial charge in [0.2, 0.25) is 0 Å². The highest BCUT2D eigenvalue weighted by Crippen LogP contribution is 2.34. The van der Waals surface area contributed by atoms with Crippen LogP contribution in [0.25, 0.3) is 0 Å². The summed E-state index contributed by atoms with van der Waals surface area (Å²) in [7, 11) is 0. The number of hydrogen-bond acceptors (Lipinski definition) is 3. The second-order valence-electron chi connectivity index (χ2n) is 7.58. The minimum atomic E-state index is -0.173. The number of hydrogen-bond donors (Lipinski definition) is 1. The third kappa shape index (κ3) is 3.51. The molecule has 0 aromatic heterocycles. The minimum Gasteiger partial charge on any atom is -0.482 e. The van der Waals surface area contributed by atoms with Crippen molar-refractivity contribution in [2.45, 2.75) is 57.4 Å². The monoisotopic (exact) mass is 342 g/mol. The van der Waals surface area contributed by atoms with E-state index >= 15 is 0 Å². The first kappa shape index (κ1) is 16.4. The van der Waals surface area contributed by atoms with Crippen LogP contribution in [0.3, 0.4) is 0 Å². The second kappa shape index (κ2) is 7.06. The van der Waals surface area contributed by atoms with Crippen LogP contribution < -0.4 is 10.1 Å². The molecular weight excluding hydrogens is 316 g/mol. The topological polar surface area (TPSA) is 58.6 Å². The molecule has 1 aromatic carbocycles. The summed E-state index contributed by atoms with van der Waals surface area (Å²) in [6.07, 6.45) is 10.1. The molecule has 1 aliphatic carbocycles. The number of benzene rings is 1. The van der Waals surface area contributed by atoms with E-state index < -0.39 is 0 Å². The summed E-state index contributed by atoms with van der Waals surface area (Å²) >= 11 is 0. The van der Waals surface area contributed by atoms with Crippen LogP contribution in [0.5, 0.6) is 5.75 Å². The maximum Gasteiger partial charge on any atom is 0.262 e. The first-order valence-corrected chi connectivity index (χ1v) is 9.58. The van der Waals surface area contributed by atoms with Crippen LogP contribution in [0.4, 0.5) is 5.69 Å². The molecule has 2 aliphatic heterocycles. The summed E-state index contributed by atoms with van der Waals surface area (Å²) in [5.41, 5.74) is 1.24. The van der Waals surface area contributed by atoms with Crippen molar-refractivity contribution in [2.24, 2.45) is 5.92 Å². The quantitative estimate of drug-likeness (QED) is 0.913. The number of carbonyl (C=O) groups is 2. The molecule has 1 saturated heterocycles. The molecule has 0 bridgehead atoms. The zero-order valence-corrected chi connectivity index (χ0v) is 14.6. The van der Waals surface area contributed by atoms with Gasteiger partial charge in [-0.3, -0.25) is 9.59 Å².